The van der Waals surface area contributed by atoms with Gasteiger partial charge in [0.05, 0.1) is 12.9 Å². The number of carbonyl (C=O) groups is 1. The van der Waals surface area contributed by atoms with Crippen molar-refractivity contribution >= 4 is 32.5 Å². The number of hydrogen-bond donors (Lipinski definition) is 0. The Bertz CT molecular complexity index is 1170. The van der Waals surface area contributed by atoms with E-state index in [0.29, 0.717) is 32.8 Å². The van der Waals surface area contributed by atoms with Crippen LogP contribution in [0.1, 0.15) is 49.1 Å². The van der Waals surface area contributed by atoms with Gasteiger partial charge < -0.3 is 14.1 Å². The van der Waals surface area contributed by atoms with Gasteiger partial charge in [-0.15, -0.1) is 0 Å². The first-order valence-electron chi connectivity index (χ1n) is 11.3. The summed E-state index contributed by atoms with van der Waals surface area (Å²) in [5.74, 6) is 1.73. The molecule has 1 aromatic carbocycles. The van der Waals surface area contributed by atoms with E-state index in [1.165, 1.54) is 16.1 Å². The second-order valence-corrected chi connectivity index (χ2v) is 10.7. The van der Waals surface area contributed by atoms with Crippen LogP contribution in [0.3, 0.4) is 0 Å². The molecule has 174 valence electrons. The monoisotopic (exact) mass is 460 g/mol. The largest absolute Gasteiger partial charge is 0.493 e. The maximum atomic E-state index is 13.0. The fraction of sp³-hybridized carbons (Fsp3) is 0.542. The van der Waals surface area contributed by atoms with Gasteiger partial charge in [-0.3, -0.25) is 4.79 Å². The predicted molar refractivity (Wildman–Crippen MR) is 125 cm³/mol. The zero-order valence-electron chi connectivity index (χ0n) is 19.4. The van der Waals surface area contributed by atoms with Gasteiger partial charge in [-0.05, 0) is 51.7 Å². The van der Waals surface area contributed by atoms with Crippen LogP contribution in [0.15, 0.2) is 16.6 Å². The van der Waals surface area contributed by atoms with Gasteiger partial charge in [0.2, 0.25) is 15.9 Å². The smallest absolute Gasteiger partial charge is 0.246 e. The van der Waals surface area contributed by atoms with Crippen LogP contribution < -0.4 is 4.74 Å². The molecule has 8 heteroatoms. The normalized spacial score (nSPS) is 18.1. The molecule has 1 amide bonds. The van der Waals surface area contributed by atoms with E-state index >= 15 is 0 Å². The van der Waals surface area contributed by atoms with Crippen LogP contribution in [0.4, 0.5) is 0 Å². The SMILES string of the molecule is CCOc1c(/C(C)=C/C(=O)N2CCN(S(C)(=O)=O)CC2)cc2c3c(oc2c1C)CCCC3. The minimum atomic E-state index is -3.23. The van der Waals surface area contributed by atoms with Crippen LogP contribution >= 0.6 is 0 Å². The van der Waals surface area contributed by atoms with Crippen LogP contribution in [0.2, 0.25) is 0 Å². The summed E-state index contributed by atoms with van der Waals surface area (Å²) in [6, 6.07) is 2.11. The van der Waals surface area contributed by atoms with Crippen LogP contribution in [-0.2, 0) is 27.7 Å². The van der Waals surface area contributed by atoms with Gasteiger partial charge in [-0.25, -0.2) is 8.42 Å². The zero-order chi connectivity index (χ0) is 23.0. The van der Waals surface area contributed by atoms with Crippen LogP contribution in [-0.4, -0.2) is 62.6 Å². The van der Waals surface area contributed by atoms with Crippen molar-refractivity contribution in [3.63, 3.8) is 0 Å². The van der Waals surface area contributed by atoms with Crippen LogP contribution in [0, 0.1) is 6.92 Å². The fourth-order valence-corrected chi connectivity index (χ4v) is 5.58. The second kappa shape index (κ2) is 8.90. The van der Waals surface area contributed by atoms with Gasteiger partial charge in [0.25, 0.3) is 0 Å². The Morgan fingerprint density at radius 3 is 2.53 bits per heavy atom. The molecule has 7 nitrogen and oxygen atoms in total. The Hall–Kier alpha value is -2.32. The highest BCUT2D eigenvalue weighted by Crippen LogP contribution is 2.41. The first-order valence-corrected chi connectivity index (χ1v) is 13.2. The number of amides is 1. The number of hydrogen-bond acceptors (Lipinski definition) is 5. The third-order valence-corrected chi connectivity index (χ3v) is 7.80. The maximum Gasteiger partial charge on any atom is 0.246 e. The molecule has 1 saturated heterocycles. The summed E-state index contributed by atoms with van der Waals surface area (Å²) >= 11 is 0. The highest BCUT2D eigenvalue weighted by atomic mass is 32.2. The summed E-state index contributed by atoms with van der Waals surface area (Å²) in [4.78, 5) is 14.7. The molecule has 0 spiro atoms. The Labute approximate surface area is 190 Å². The molecule has 1 aromatic heterocycles. The van der Waals surface area contributed by atoms with Crippen molar-refractivity contribution in [1.82, 2.24) is 9.21 Å². The van der Waals surface area contributed by atoms with E-state index in [4.69, 9.17) is 9.15 Å². The fourth-order valence-electron chi connectivity index (χ4n) is 4.75. The molecule has 0 saturated carbocycles. The molecular weight excluding hydrogens is 428 g/mol. The minimum Gasteiger partial charge on any atom is -0.493 e. The van der Waals surface area contributed by atoms with Gasteiger partial charge >= 0.3 is 0 Å². The van der Waals surface area contributed by atoms with E-state index in [-0.39, 0.29) is 5.91 Å². The highest BCUT2D eigenvalue weighted by Gasteiger charge is 2.26. The number of rotatable bonds is 5. The topological polar surface area (TPSA) is 80.1 Å². The summed E-state index contributed by atoms with van der Waals surface area (Å²) in [7, 11) is -3.23. The van der Waals surface area contributed by atoms with Crippen molar-refractivity contribution in [1.29, 1.82) is 0 Å². The number of furan rings is 1. The van der Waals surface area contributed by atoms with Gasteiger partial charge in [-0.2, -0.15) is 4.31 Å². The summed E-state index contributed by atoms with van der Waals surface area (Å²) in [6.45, 7) is 7.86. The lowest BCUT2D eigenvalue weighted by Gasteiger charge is -2.32. The molecule has 1 aliphatic heterocycles. The summed E-state index contributed by atoms with van der Waals surface area (Å²) in [6.07, 6.45) is 7.15. The number of fused-ring (bicyclic) bond motifs is 3. The van der Waals surface area contributed by atoms with E-state index in [2.05, 4.69) is 6.07 Å². The molecule has 32 heavy (non-hydrogen) atoms. The number of benzene rings is 1. The van der Waals surface area contributed by atoms with Crippen molar-refractivity contribution < 1.29 is 22.4 Å². The Morgan fingerprint density at radius 1 is 1.19 bits per heavy atom. The first-order chi connectivity index (χ1) is 15.2. The van der Waals surface area contributed by atoms with E-state index in [9.17, 15) is 13.2 Å². The average Bonchev–Trinajstić information content (AvgIpc) is 3.14. The molecule has 2 aromatic rings. The molecule has 0 unspecified atom stereocenters. The van der Waals surface area contributed by atoms with Gasteiger partial charge in [-0.1, -0.05) is 0 Å². The number of carbonyl (C=O) groups excluding carboxylic acids is 1. The Kier molecular flexibility index (Phi) is 6.36. The number of allylic oxidation sites excluding steroid dienone is 1. The summed E-state index contributed by atoms with van der Waals surface area (Å²) < 4.78 is 37.1. The molecule has 2 heterocycles. The van der Waals surface area contributed by atoms with E-state index in [0.717, 1.165) is 64.9 Å². The first kappa shape index (κ1) is 22.9. The van der Waals surface area contributed by atoms with Gasteiger partial charge in [0.15, 0.2) is 0 Å². The zero-order valence-corrected chi connectivity index (χ0v) is 20.2. The van der Waals surface area contributed by atoms with Crippen molar-refractivity contribution in [2.75, 3.05) is 39.0 Å². The molecular formula is C24H32N2O5S. The van der Waals surface area contributed by atoms with E-state index in [1.54, 1.807) is 11.0 Å². The Balaban J connectivity index is 1.66. The Morgan fingerprint density at radius 2 is 1.88 bits per heavy atom. The van der Waals surface area contributed by atoms with Gasteiger partial charge in [0, 0.05) is 60.8 Å². The highest BCUT2D eigenvalue weighted by molar-refractivity contribution is 7.88. The van der Waals surface area contributed by atoms with Gasteiger partial charge in [0.1, 0.15) is 17.1 Å². The number of ether oxygens (including phenoxy) is 1. The molecule has 0 bridgehead atoms. The third-order valence-electron chi connectivity index (χ3n) is 6.50. The lowest BCUT2D eigenvalue weighted by Crippen LogP contribution is -2.49. The second-order valence-electron chi connectivity index (χ2n) is 8.71. The predicted octanol–water partition coefficient (Wildman–Crippen LogP) is 3.53. The molecule has 1 aliphatic carbocycles. The maximum absolute atomic E-state index is 13.0. The van der Waals surface area contributed by atoms with Crippen molar-refractivity contribution in [2.45, 2.75) is 46.5 Å². The van der Waals surface area contributed by atoms with E-state index in [1.807, 2.05) is 20.8 Å². The lowest BCUT2D eigenvalue weighted by atomic mass is 9.93. The van der Waals surface area contributed by atoms with Crippen molar-refractivity contribution in [3.05, 3.63) is 34.6 Å². The minimum absolute atomic E-state index is 0.106. The standard InChI is InChI=1S/C24H32N2O5S/c1-5-30-23-17(3)24-20(18-8-6-7-9-21(18)31-24)15-19(23)16(2)14-22(27)25-10-12-26(13-11-25)32(4,28)29/h14-15H,5-13H2,1-4H3/b16-14+. The lowest BCUT2D eigenvalue weighted by molar-refractivity contribution is -0.127. The summed E-state index contributed by atoms with van der Waals surface area (Å²) in [5.41, 5.74) is 4.89. The van der Waals surface area contributed by atoms with E-state index < -0.39 is 10.0 Å². The molecule has 1 fully saturated rings. The quantitative estimate of drug-likeness (QED) is 0.638. The third kappa shape index (κ3) is 4.30. The number of piperazine rings is 1. The average molecular weight is 461 g/mol. The molecule has 0 radical (unpaired) electrons. The van der Waals surface area contributed by atoms with Crippen molar-refractivity contribution in [2.24, 2.45) is 0 Å². The molecule has 0 N–H and O–H groups in total. The molecule has 0 atom stereocenters. The molecule has 4 rings (SSSR count). The van der Waals surface area contributed by atoms with Crippen LogP contribution in [0.5, 0.6) is 5.75 Å². The number of aryl methyl sites for hydroxylation is 3. The molecule has 2 aliphatic rings. The number of nitrogens with zero attached hydrogens (tertiary/aromatic N) is 2. The van der Waals surface area contributed by atoms with Crippen molar-refractivity contribution in [3.8, 4) is 5.75 Å². The van der Waals surface area contributed by atoms with Crippen LogP contribution in [0.25, 0.3) is 16.5 Å². The summed E-state index contributed by atoms with van der Waals surface area (Å²) in [5, 5.41) is 1.12. The number of sulfonamides is 1.